The Bertz CT molecular complexity index is 1370. The normalized spacial score (nSPS) is 16.1. The van der Waals surface area contributed by atoms with E-state index in [2.05, 4.69) is 30.5 Å². The van der Waals surface area contributed by atoms with Crippen LogP contribution in [0.1, 0.15) is 24.3 Å². The van der Waals surface area contributed by atoms with E-state index in [9.17, 15) is 8.78 Å². The van der Waals surface area contributed by atoms with Crippen molar-refractivity contribution in [3.8, 4) is 11.4 Å². The fourth-order valence-corrected chi connectivity index (χ4v) is 4.29. The van der Waals surface area contributed by atoms with Crippen molar-refractivity contribution in [3.05, 3.63) is 60.2 Å². The first-order valence-electron chi connectivity index (χ1n) is 11.3. The number of rotatable bonds is 5. The first-order valence-corrected chi connectivity index (χ1v) is 11.3. The van der Waals surface area contributed by atoms with Crippen molar-refractivity contribution < 1.29 is 8.78 Å². The monoisotopic (exact) mass is 460 g/mol. The molecule has 5 heterocycles. The van der Waals surface area contributed by atoms with Crippen molar-refractivity contribution in [1.82, 2.24) is 30.2 Å². The highest BCUT2D eigenvalue weighted by molar-refractivity contribution is 5.94. The van der Waals surface area contributed by atoms with Crippen molar-refractivity contribution in [1.29, 1.82) is 0 Å². The van der Waals surface area contributed by atoms with Gasteiger partial charge in [-0.15, -0.1) is 0 Å². The number of pyridine rings is 3. The van der Waals surface area contributed by atoms with Gasteiger partial charge < -0.3 is 15.5 Å². The third-order valence-electron chi connectivity index (χ3n) is 6.13. The Morgan fingerprint density at radius 2 is 1.85 bits per heavy atom. The zero-order chi connectivity index (χ0) is 23.1. The minimum absolute atomic E-state index is 0.233. The van der Waals surface area contributed by atoms with Gasteiger partial charge in [0.25, 0.3) is 0 Å². The van der Waals surface area contributed by atoms with Crippen LogP contribution in [-0.4, -0.2) is 51.1 Å². The molecule has 0 unspecified atom stereocenters. The molecule has 0 amide bonds. The predicted molar refractivity (Wildman–Crippen MR) is 125 cm³/mol. The highest BCUT2D eigenvalue weighted by Crippen LogP contribution is 2.44. The van der Waals surface area contributed by atoms with E-state index in [0.717, 1.165) is 67.9 Å². The van der Waals surface area contributed by atoms with Gasteiger partial charge >= 0.3 is 0 Å². The second kappa shape index (κ2) is 8.53. The van der Waals surface area contributed by atoms with E-state index in [1.807, 2.05) is 6.20 Å². The highest BCUT2D eigenvalue weighted by atomic mass is 19.1. The second-order valence-corrected chi connectivity index (χ2v) is 8.52. The molecule has 10 heteroatoms. The molecule has 0 aromatic carbocycles. The van der Waals surface area contributed by atoms with Gasteiger partial charge in [-0.2, -0.15) is 9.37 Å². The third kappa shape index (κ3) is 4.01. The summed E-state index contributed by atoms with van der Waals surface area (Å²) >= 11 is 0. The van der Waals surface area contributed by atoms with Gasteiger partial charge in [0.15, 0.2) is 17.5 Å². The Kier molecular flexibility index (Phi) is 5.21. The Morgan fingerprint density at radius 1 is 1.00 bits per heavy atom. The van der Waals surface area contributed by atoms with Crippen molar-refractivity contribution in [2.75, 3.05) is 36.4 Å². The van der Waals surface area contributed by atoms with Gasteiger partial charge in [-0.05, 0) is 48.6 Å². The summed E-state index contributed by atoms with van der Waals surface area (Å²) in [5.41, 5.74) is 2.71. The molecule has 0 bridgehead atoms. The quantitative estimate of drug-likeness (QED) is 0.435. The molecule has 4 aromatic heterocycles. The lowest BCUT2D eigenvalue weighted by molar-refractivity contribution is 0.564. The van der Waals surface area contributed by atoms with Gasteiger partial charge in [0.1, 0.15) is 11.6 Å². The van der Waals surface area contributed by atoms with Crippen LogP contribution in [0.5, 0.6) is 0 Å². The molecule has 2 N–H and O–H groups in total. The van der Waals surface area contributed by atoms with Crippen LogP contribution in [-0.2, 0) is 0 Å². The van der Waals surface area contributed by atoms with Crippen LogP contribution in [0, 0.1) is 11.8 Å². The number of hydrogen-bond donors (Lipinski definition) is 2. The lowest BCUT2D eigenvalue weighted by Gasteiger charge is -2.30. The van der Waals surface area contributed by atoms with Gasteiger partial charge in [-0.1, -0.05) is 0 Å². The number of nitrogens with zero attached hydrogens (tertiary/aromatic N) is 6. The standard InChI is InChI=1S/C24H22F2N8/c25-17-3-4-19(26)31-23(17)32-20-11-15(5-6-29-20)22-30-18-13-28-12-16(14-1-2-14)21(18)24(33-22)34-9-7-27-8-10-34/h3-6,11-14,27H,1-2,7-10H2,(H,29,31,32). The van der Waals surface area contributed by atoms with Crippen LogP contribution in [0.15, 0.2) is 42.9 Å². The second-order valence-electron chi connectivity index (χ2n) is 8.52. The number of fused-ring (bicyclic) bond motifs is 1. The first-order chi connectivity index (χ1) is 16.7. The van der Waals surface area contributed by atoms with Crippen LogP contribution in [0.4, 0.5) is 26.2 Å². The lowest BCUT2D eigenvalue weighted by atomic mass is 10.1. The van der Waals surface area contributed by atoms with E-state index in [-0.39, 0.29) is 5.82 Å². The van der Waals surface area contributed by atoms with E-state index < -0.39 is 11.8 Å². The molecule has 2 aliphatic rings. The summed E-state index contributed by atoms with van der Waals surface area (Å²) in [6.45, 7) is 3.48. The molecule has 1 aliphatic carbocycles. The van der Waals surface area contributed by atoms with Crippen LogP contribution in [0.3, 0.4) is 0 Å². The van der Waals surface area contributed by atoms with Gasteiger partial charge in [0.2, 0.25) is 5.95 Å². The third-order valence-corrected chi connectivity index (χ3v) is 6.13. The lowest BCUT2D eigenvalue weighted by Crippen LogP contribution is -2.44. The van der Waals surface area contributed by atoms with Crippen molar-refractivity contribution in [2.24, 2.45) is 0 Å². The zero-order valence-electron chi connectivity index (χ0n) is 18.3. The molecular formula is C24H22F2N8. The van der Waals surface area contributed by atoms with Crippen LogP contribution < -0.4 is 15.5 Å². The molecule has 0 spiro atoms. The fraction of sp³-hybridized carbons (Fsp3) is 0.292. The van der Waals surface area contributed by atoms with Gasteiger partial charge in [0.05, 0.1) is 11.7 Å². The van der Waals surface area contributed by atoms with E-state index in [1.54, 1.807) is 24.5 Å². The Balaban J connectivity index is 1.44. The van der Waals surface area contributed by atoms with E-state index in [0.29, 0.717) is 23.1 Å². The molecule has 4 aromatic rings. The molecule has 6 rings (SSSR count). The SMILES string of the molecule is Fc1ccc(F)c(Nc2cc(-c3nc(N4CCNCC4)c4c(C5CC5)cncc4n3)ccn2)n1. The van der Waals surface area contributed by atoms with Crippen molar-refractivity contribution >= 4 is 28.4 Å². The molecule has 34 heavy (non-hydrogen) atoms. The average Bonchev–Trinajstić information content (AvgIpc) is 3.71. The maximum atomic E-state index is 14.1. The molecule has 0 radical (unpaired) electrons. The summed E-state index contributed by atoms with van der Waals surface area (Å²) in [5.74, 6) is 0.574. The Hall–Kier alpha value is -3.79. The van der Waals surface area contributed by atoms with E-state index in [4.69, 9.17) is 9.97 Å². The molecule has 1 saturated carbocycles. The molecule has 8 nitrogen and oxygen atoms in total. The predicted octanol–water partition coefficient (Wildman–Crippen LogP) is 3.79. The minimum Gasteiger partial charge on any atom is -0.353 e. The van der Waals surface area contributed by atoms with Crippen molar-refractivity contribution in [2.45, 2.75) is 18.8 Å². The van der Waals surface area contributed by atoms with E-state index >= 15 is 0 Å². The highest BCUT2D eigenvalue weighted by Gasteiger charge is 2.29. The molecule has 1 aliphatic heterocycles. The summed E-state index contributed by atoms with van der Waals surface area (Å²) < 4.78 is 27.5. The van der Waals surface area contributed by atoms with Gasteiger partial charge in [0, 0.05) is 49.5 Å². The Morgan fingerprint density at radius 3 is 2.68 bits per heavy atom. The summed E-state index contributed by atoms with van der Waals surface area (Å²) in [6.07, 6.45) is 7.63. The Labute approximate surface area is 194 Å². The van der Waals surface area contributed by atoms with Gasteiger partial charge in [-0.25, -0.2) is 19.3 Å². The maximum absolute atomic E-state index is 14.1. The number of nitrogens with one attached hydrogen (secondary N) is 2. The number of aromatic nitrogens is 5. The number of halogens is 2. The molecule has 2 fully saturated rings. The summed E-state index contributed by atoms with van der Waals surface area (Å²) in [7, 11) is 0. The zero-order valence-corrected chi connectivity index (χ0v) is 18.3. The first kappa shape index (κ1) is 20.8. The minimum atomic E-state index is -0.780. The summed E-state index contributed by atoms with van der Waals surface area (Å²) in [6, 6.07) is 5.48. The number of piperazine rings is 1. The fourth-order valence-electron chi connectivity index (χ4n) is 4.29. The molecule has 0 atom stereocenters. The van der Waals surface area contributed by atoms with E-state index in [1.165, 1.54) is 5.56 Å². The summed E-state index contributed by atoms with van der Waals surface area (Å²) in [4.78, 5) is 24.4. The average molecular weight is 460 g/mol. The molecular weight excluding hydrogens is 438 g/mol. The van der Waals surface area contributed by atoms with Crippen LogP contribution in [0.2, 0.25) is 0 Å². The van der Waals surface area contributed by atoms with Crippen LogP contribution in [0.25, 0.3) is 22.3 Å². The van der Waals surface area contributed by atoms with Gasteiger partial charge in [-0.3, -0.25) is 4.98 Å². The summed E-state index contributed by atoms with van der Waals surface area (Å²) in [5, 5.41) is 7.21. The molecule has 172 valence electrons. The number of anilines is 3. The largest absolute Gasteiger partial charge is 0.353 e. The van der Waals surface area contributed by atoms with Crippen LogP contribution >= 0.6 is 0 Å². The maximum Gasteiger partial charge on any atom is 0.214 e. The van der Waals surface area contributed by atoms with Crippen molar-refractivity contribution in [3.63, 3.8) is 0 Å². The molecule has 1 saturated heterocycles. The topological polar surface area (TPSA) is 91.8 Å². The smallest absolute Gasteiger partial charge is 0.214 e. The number of hydrogen-bond acceptors (Lipinski definition) is 8.